The van der Waals surface area contributed by atoms with Crippen molar-refractivity contribution < 1.29 is 14.3 Å². The summed E-state index contributed by atoms with van der Waals surface area (Å²) in [6.07, 6.45) is 4.58. The molecule has 6 nitrogen and oxygen atoms in total. The van der Waals surface area contributed by atoms with Crippen molar-refractivity contribution in [1.29, 1.82) is 0 Å². The molecule has 1 fully saturated rings. The van der Waals surface area contributed by atoms with Gasteiger partial charge in [0.2, 0.25) is 6.79 Å². The van der Waals surface area contributed by atoms with Crippen molar-refractivity contribution >= 4 is 28.1 Å². The summed E-state index contributed by atoms with van der Waals surface area (Å²) in [4.78, 5) is 18.9. The first kappa shape index (κ1) is 15.3. The second kappa shape index (κ2) is 6.68. The second-order valence-electron chi connectivity index (χ2n) is 5.94. The molecule has 126 valence electrons. The number of ether oxygens (including phenoxy) is 2. The summed E-state index contributed by atoms with van der Waals surface area (Å²) in [5.74, 6) is 1.50. The van der Waals surface area contributed by atoms with Crippen LogP contribution in [0.4, 0.5) is 10.8 Å². The predicted molar refractivity (Wildman–Crippen MR) is 92.3 cm³/mol. The molecular formula is C17H19N3O3S. The highest BCUT2D eigenvalue weighted by Crippen LogP contribution is 2.35. The molecule has 2 aliphatic rings. The first-order valence-corrected chi connectivity index (χ1v) is 9.09. The summed E-state index contributed by atoms with van der Waals surface area (Å²) in [5.41, 5.74) is 1.38. The zero-order valence-electron chi connectivity index (χ0n) is 13.3. The van der Waals surface area contributed by atoms with Crippen LogP contribution in [0.25, 0.3) is 0 Å². The van der Waals surface area contributed by atoms with Crippen LogP contribution in [0, 0.1) is 0 Å². The zero-order valence-corrected chi connectivity index (χ0v) is 14.1. The SMILES string of the molecule is O=C(c1csc(Nc2ccc3c(c2)OCO3)n1)N1CCCCCC1. The monoisotopic (exact) mass is 345 g/mol. The number of fused-ring (bicyclic) bond motifs is 1. The van der Waals surface area contributed by atoms with Gasteiger partial charge in [-0.05, 0) is 25.0 Å². The number of anilines is 2. The van der Waals surface area contributed by atoms with Gasteiger partial charge in [0.05, 0.1) is 0 Å². The molecule has 2 aromatic rings. The Hall–Kier alpha value is -2.28. The number of carbonyl (C=O) groups excluding carboxylic acids is 1. The van der Waals surface area contributed by atoms with E-state index in [9.17, 15) is 4.79 Å². The summed E-state index contributed by atoms with van der Waals surface area (Å²) < 4.78 is 10.7. The Balaban J connectivity index is 1.45. The lowest BCUT2D eigenvalue weighted by Gasteiger charge is -2.18. The van der Waals surface area contributed by atoms with Crippen molar-refractivity contribution in [3.8, 4) is 11.5 Å². The number of carbonyl (C=O) groups is 1. The summed E-state index contributed by atoms with van der Waals surface area (Å²) in [6, 6.07) is 5.65. The minimum absolute atomic E-state index is 0.0342. The molecule has 0 radical (unpaired) electrons. The van der Waals surface area contributed by atoms with Crippen molar-refractivity contribution in [3.05, 3.63) is 29.3 Å². The van der Waals surface area contributed by atoms with Crippen molar-refractivity contribution in [3.63, 3.8) is 0 Å². The van der Waals surface area contributed by atoms with E-state index >= 15 is 0 Å². The van der Waals surface area contributed by atoms with Gasteiger partial charge in [-0.2, -0.15) is 0 Å². The van der Waals surface area contributed by atoms with Gasteiger partial charge in [-0.1, -0.05) is 12.8 Å². The number of amides is 1. The summed E-state index contributed by atoms with van der Waals surface area (Å²) in [6.45, 7) is 1.92. The number of thiazole rings is 1. The van der Waals surface area contributed by atoms with E-state index in [0.29, 0.717) is 10.8 Å². The smallest absolute Gasteiger partial charge is 0.273 e. The fourth-order valence-electron chi connectivity index (χ4n) is 2.96. The van der Waals surface area contributed by atoms with E-state index in [0.717, 1.165) is 43.1 Å². The number of aromatic nitrogens is 1. The normalized spacial score (nSPS) is 16.8. The number of nitrogens with one attached hydrogen (secondary N) is 1. The van der Waals surface area contributed by atoms with Crippen LogP contribution in [0.1, 0.15) is 36.2 Å². The average Bonchev–Trinajstić information content (AvgIpc) is 3.16. The Kier molecular flexibility index (Phi) is 4.25. The van der Waals surface area contributed by atoms with Gasteiger partial charge in [0.25, 0.3) is 5.91 Å². The fraction of sp³-hybridized carbons (Fsp3) is 0.412. The van der Waals surface area contributed by atoms with Crippen LogP contribution < -0.4 is 14.8 Å². The minimum Gasteiger partial charge on any atom is -0.454 e. The number of rotatable bonds is 3. The predicted octanol–water partition coefficient (Wildman–Crippen LogP) is 3.63. The Morgan fingerprint density at radius 1 is 1.12 bits per heavy atom. The van der Waals surface area contributed by atoms with E-state index in [1.165, 1.54) is 24.2 Å². The molecule has 2 aliphatic heterocycles. The summed E-state index contributed by atoms with van der Waals surface area (Å²) in [5, 5.41) is 5.75. The molecule has 0 atom stereocenters. The quantitative estimate of drug-likeness (QED) is 0.920. The van der Waals surface area contributed by atoms with E-state index in [1.807, 2.05) is 28.5 Å². The maximum Gasteiger partial charge on any atom is 0.273 e. The summed E-state index contributed by atoms with van der Waals surface area (Å²) in [7, 11) is 0. The minimum atomic E-state index is 0.0342. The standard InChI is InChI=1S/C17H19N3O3S/c21-16(20-7-3-1-2-4-8-20)13-10-24-17(19-13)18-12-5-6-14-15(9-12)23-11-22-14/h5-6,9-10H,1-4,7-8,11H2,(H,18,19). The lowest BCUT2D eigenvalue weighted by Crippen LogP contribution is -2.32. The Morgan fingerprint density at radius 2 is 1.92 bits per heavy atom. The number of benzene rings is 1. The largest absolute Gasteiger partial charge is 0.454 e. The molecule has 1 saturated heterocycles. The van der Waals surface area contributed by atoms with Gasteiger partial charge in [-0.3, -0.25) is 4.79 Å². The first-order valence-electron chi connectivity index (χ1n) is 8.21. The maximum atomic E-state index is 12.6. The van der Waals surface area contributed by atoms with Gasteiger partial charge >= 0.3 is 0 Å². The third-order valence-corrected chi connectivity index (χ3v) is 5.00. The van der Waals surface area contributed by atoms with Crippen molar-refractivity contribution in [2.75, 3.05) is 25.2 Å². The highest BCUT2D eigenvalue weighted by molar-refractivity contribution is 7.14. The Labute approximate surface area is 144 Å². The molecule has 1 amide bonds. The van der Waals surface area contributed by atoms with Gasteiger partial charge in [-0.15, -0.1) is 11.3 Å². The molecular weight excluding hydrogens is 326 g/mol. The van der Waals surface area contributed by atoms with Crippen LogP contribution in [-0.4, -0.2) is 35.7 Å². The Morgan fingerprint density at radius 3 is 2.75 bits per heavy atom. The average molecular weight is 345 g/mol. The molecule has 4 rings (SSSR count). The number of hydrogen-bond acceptors (Lipinski definition) is 6. The Bertz CT molecular complexity index is 738. The molecule has 3 heterocycles. The molecule has 1 aromatic carbocycles. The molecule has 0 unspecified atom stereocenters. The molecule has 1 N–H and O–H groups in total. The van der Waals surface area contributed by atoms with E-state index < -0.39 is 0 Å². The first-order chi connectivity index (χ1) is 11.8. The summed E-state index contributed by atoms with van der Waals surface area (Å²) >= 11 is 1.43. The zero-order chi connectivity index (χ0) is 16.4. The van der Waals surface area contributed by atoms with Crippen LogP contribution in [0.2, 0.25) is 0 Å². The molecule has 0 saturated carbocycles. The molecule has 0 aliphatic carbocycles. The fourth-order valence-corrected chi connectivity index (χ4v) is 3.67. The molecule has 0 bridgehead atoms. The lowest BCUT2D eigenvalue weighted by atomic mass is 10.2. The van der Waals surface area contributed by atoms with Crippen LogP contribution in [0.15, 0.2) is 23.6 Å². The van der Waals surface area contributed by atoms with Gasteiger partial charge in [0.1, 0.15) is 5.69 Å². The highest BCUT2D eigenvalue weighted by atomic mass is 32.1. The second-order valence-corrected chi connectivity index (χ2v) is 6.80. The molecule has 7 heteroatoms. The van der Waals surface area contributed by atoms with Crippen LogP contribution in [0.3, 0.4) is 0 Å². The van der Waals surface area contributed by atoms with Gasteiger partial charge in [-0.25, -0.2) is 4.98 Å². The van der Waals surface area contributed by atoms with Crippen molar-refractivity contribution in [2.45, 2.75) is 25.7 Å². The lowest BCUT2D eigenvalue weighted by molar-refractivity contribution is 0.0756. The molecule has 0 spiro atoms. The van der Waals surface area contributed by atoms with Crippen molar-refractivity contribution in [2.24, 2.45) is 0 Å². The van der Waals surface area contributed by atoms with E-state index in [-0.39, 0.29) is 12.7 Å². The van der Waals surface area contributed by atoms with Gasteiger partial charge in [0.15, 0.2) is 16.6 Å². The van der Waals surface area contributed by atoms with Gasteiger partial charge < -0.3 is 19.7 Å². The third kappa shape index (κ3) is 3.17. The number of hydrogen-bond donors (Lipinski definition) is 1. The number of likely N-dealkylation sites (tertiary alicyclic amines) is 1. The number of nitrogens with zero attached hydrogens (tertiary/aromatic N) is 2. The maximum absolute atomic E-state index is 12.6. The van der Waals surface area contributed by atoms with Crippen LogP contribution in [0.5, 0.6) is 11.5 Å². The van der Waals surface area contributed by atoms with Crippen molar-refractivity contribution in [1.82, 2.24) is 9.88 Å². The van der Waals surface area contributed by atoms with Gasteiger partial charge in [0, 0.05) is 30.2 Å². The molecule has 24 heavy (non-hydrogen) atoms. The molecule has 1 aromatic heterocycles. The van der Waals surface area contributed by atoms with Crippen LogP contribution in [-0.2, 0) is 0 Å². The highest BCUT2D eigenvalue weighted by Gasteiger charge is 2.20. The van der Waals surface area contributed by atoms with E-state index in [1.54, 1.807) is 0 Å². The van der Waals surface area contributed by atoms with E-state index in [2.05, 4.69) is 10.3 Å². The third-order valence-electron chi connectivity index (χ3n) is 4.24. The topological polar surface area (TPSA) is 63.7 Å². The van der Waals surface area contributed by atoms with E-state index in [4.69, 9.17) is 9.47 Å². The van der Waals surface area contributed by atoms with Crippen LogP contribution >= 0.6 is 11.3 Å².